The molecule has 0 aliphatic heterocycles. The van der Waals surface area contributed by atoms with Crippen molar-refractivity contribution in [2.75, 3.05) is 6.54 Å². The van der Waals surface area contributed by atoms with Crippen LogP contribution in [-0.2, 0) is 19.4 Å². The molecule has 18 heavy (non-hydrogen) atoms. The van der Waals surface area contributed by atoms with Gasteiger partial charge in [0.2, 0.25) is 0 Å². The van der Waals surface area contributed by atoms with Crippen LogP contribution in [0, 0.1) is 0 Å². The van der Waals surface area contributed by atoms with Gasteiger partial charge in [0.1, 0.15) is 5.76 Å². The minimum atomic E-state index is 0.420. The van der Waals surface area contributed by atoms with Gasteiger partial charge in [0.25, 0.3) is 0 Å². The molecular weight excluding hydrogens is 228 g/mol. The van der Waals surface area contributed by atoms with Crippen molar-refractivity contribution in [3.05, 3.63) is 29.2 Å². The van der Waals surface area contributed by atoms with Crippen molar-refractivity contribution in [3.63, 3.8) is 0 Å². The lowest BCUT2D eigenvalue weighted by molar-refractivity contribution is 0.380. The summed E-state index contributed by atoms with van der Waals surface area (Å²) in [6.45, 7) is 11.0. The molecule has 0 amide bonds. The van der Waals surface area contributed by atoms with Crippen LogP contribution >= 0.6 is 0 Å². The quantitative estimate of drug-likeness (QED) is 0.458. The normalized spacial score (nSPS) is 11.6. The number of hydrogen-bond acceptors (Lipinski definition) is 3. The number of nitrogens with one attached hydrogen (secondary N) is 1. The van der Waals surface area contributed by atoms with E-state index in [4.69, 9.17) is 10.3 Å². The molecule has 100 valence electrons. The second kappa shape index (κ2) is 6.83. The van der Waals surface area contributed by atoms with Crippen LogP contribution in [0.25, 0.3) is 0 Å². The number of nitrogens with zero attached hydrogens (tertiary/aromatic N) is 2. The van der Waals surface area contributed by atoms with E-state index in [9.17, 15) is 0 Å². The van der Waals surface area contributed by atoms with E-state index in [1.54, 1.807) is 0 Å². The van der Waals surface area contributed by atoms with Crippen molar-refractivity contribution in [1.29, 1.82) is 0 Å². The predicted octanol–water partition coefficient (Wildman–Crippen LogP) is 1.78. The smallest absolute Gasteiger partial charge is 0.189 e. The molecule has 1 aromatic rings. The minimum absolute atomic E-state index is 0.420. The van der Waals surface area contributed by atoms with E-state index in [2.05, 4.69) is 22.0 Å². The van der Waals surface area contributed by atoms with Crippen molar-refractivity contribution >= 4 is 5.96 Å². The molecule has 0 fully saturated rings. The summed E-state index contributed by atoms with van der Waals surface area (Å²) in [5.74, 6) is 1.31. The lowest BCUT2D eigenvalue weighted by atomic mass is 10.1. The van der Waals surface area contributed by atoms with Gasteiger partial charge in [-0.15, -0.1) is 0 Å². The molecule has 5 nitrogen and oxygen atoms in total. The molecular formula is C13H22N4O. The Morgan fingerprint density at radius 2 is 2.17 bits per heavy atom. The Kier molecular flexibility index (Phi) is 5.42. The second-order valence-electron chi connectivity index (χ2n) is 4.25. The number of aliphatic imine (C=N–C) groups is 1. The van der Waals surface area contributed by atoms with Gasteiger partial charge in [-0.25, -0.2) is 4.99 Å². The molecule has 0 atom stereocenters. The summed E-state index contributed by atoms with van der Waals surface area (Å²) in [5.41, 5.74) is 8.80. The first kappa shape index (κ1) is 14.3. The molecule has 0 spiro atoms. The monoisotopic (exact) mass is 250 g/mol. The van der Waals surface area contributed by atoms with Gasteiger partial charge in [-0.05, 0) is 13.3 Å². The average Bonchev–Trinajstić information content (AvgIpc) is 2.75. The van der Waals surface area contributed by atoms with Gasteiger partial charge in [0, 0.05) is 18.5 Å². The molecule has 0 bridgehead atoms. The van der Waals surface area contributed by atoms with Gasteiger partial charge >= 0.3 is 0 Å². The molecule has 1 aromatic heterocycles. The molecule has 0 unspecified atom stereocenters. The fourth-order valence-electron chi connectivity index (χ4n) is 1.58. The Bertz CT molecular complexity index is 413. The van der Waals surface area contributed by atoms with E-state index in [0.29, 0.717) is 19.0 Å². The highest BCUT2D eigenvalue weighted by molar-refractivity contribution is 5.78. The third-order valence-corrected chi connectivity index (χ3v) is 2.59. The maximum Gasteiger partial charge on any atom is 0.189 e. The molecule has 0 radical (unpaired) electrons. The Balaban J connectivity index is 2.69. The van der Waals surface area contributed by atoms with Crippen LogP contribution in [0.3, 0.4) is 0 Å². The van der Waals surface area contributed by atoms with Crippen LogP contribution in [0.2, 0.25) is 0 Å². The highest BCUT2D eigenvalue weighted by Gasteiger charge is 2.12. The topological polar surface area (TPSA) is 76.4 Å². The average molecular weight is 250 g/mol. The van der Waals surface area contributed by atoms with Crippen molar-refractivity contribution in [1.82, 2.24) is 10.5 Å². The van der Waals surface area contributed by atoms with Crippen LogP contribution < -0.4 is 11.1 Å². The Hall–Kier alpha value is -1.78. The third kappa shape index (κ3) is 3.91. The van der Waals surface area contributed by atoms with Crippen LogP contribution in [0.1, 0.15) is 37.8 Å². The van der Waals surface area contributed by atoms with E-state index in [0.717, 1.165) is 35.4 Å². The Morgan fingerprint density at radius 3 is 2.72 bits per heavy atom. The minimum Gasteiger partial charge on any atom is -0.370 e. The molecule has 0 aromatic carbocycles. The zero-order valence-corrected chi connectivity index (χ0v) is 11.4. The number of rotatable bonds is 6. The van der Waals surface area contributed by atoms with E-state index < -0.39 is 0 Å². The summed E-state index contributed by atoms with van der Waals surface area (Å²) in [7, 11) is 0. The molecule has 0 aliphatic rings. The van der Waals surface area contributed by atoms with Gasteiger partial charge < -0.3 is 15.6 Å². The first-order valence-electron chi connectivity index (χ1n) is 6.22. The molecule has 0 saturated heterocycles. The molecule has 3 N–H and O–H groups in total. The van der Waals surface area contributed by atoms with E-state index in [1.807, 2.05) is 20.8 Å². The molecule has 1 rings (SSSR count). The van der Waals surface area contributed by atoms with Gasteiger partial charge in [-0.2, -0.15) is 0 Å². The maximum atomic E-state index is 5.77. The SMILES string of the molecule is C=C(C)CNC(N)=NCc1c(CC)noc1CC. The predicted molar refractivity (Wildman–Crippen MR) is 73.4 cm³/mol. The summed E-state index contributed by atoms with van der Waals surface area (Å²) >= 11 is 0. The van der Waals surface area contributed by atoms with Crippen molar-refractivity contribution in [2.24, 2.45) is 10.7 Å². The summed E-state index contributed by atoms with van der Waals surface area (Å²) in [5, 5.41) is 7.03. The van der Waals surface area contributed by atoms with E-state index in [-0.39, 0.29) is 0 Å². The lowest BCUT2D eigenvalue weighted by Crippen LogP contribution is -2.32. The van der Waals surface area contributed by atoms with Crippen molar-refractivity contribution in [3.8, 4) is 0 Å². The fraction of sp³-hybridized carbons (Fsp3) is 0.538. The summed E-state index contributed by atoms with van der Waals surface area (Å²) in [4.78, 5) is 4.30. The number of aromatic nitrogens is 1. The van der Waals surface area contributed by atoms with E-state index >= 15 is 0 Å². The Morgan fingerprint density at radius 1 is 1.44 bits per heavy atom. The number of hydrogen-bond donors (Lipinski definition) is 2. The van der Waals surface area contributed by atoms with Gasteiger partial charge in [-0.1, -0.05) is 31.2 Å². The molecule has 5 heteroatoms. The first-order chi connectivity index (χ1) is 8.58. The van der Waals surface area contributed by atoms with Gasteiger partial charge in [-0.3, -0.25) is 0 Å². The highest BCUT2D eigenvalue weighted by atomic mass is 16.5. The van der Waals surface area contributed by atoms with E-state index in [1.165, 1.54) is 0 Å². The highest BCUT2D eigenvalue weighted by Crippen LogP contribution is 2.16. The lowest BCUT2D eigenvalue weighted by Gasteiger charge is -2.05. The number of nitrogens with two attached hydrogens (primary N) is 1. The maximum absolute atomic E-state index is 5.77. The third-order valence-electron chi connectivity index (χ3n) is 2.59. The van der Waals surface area contributed by atoms with Crippen molar-refractivity contribution in [2.45, 2.75) is 40.2 Å². The summed E-state index contributed by atoms with van der Waals surface area (Å²) in [6.07, 6.45) is 1.66. The van der Waals surface area contributed by atoms with Crippen LogP contribution in [0.15, 0.2) is 21.7 Å². The fourth-order valence-corrected chi connectivity index (χ4v) is 1.58. The molecule has 1 heterocycles. The zero-order valence-electron chi connectivity index (χ0n) is 11.4. The van der Waals surface area contributed by atoms with Crippen LogP contribution in [0.4, 0.5) is 0 Å². The zero-order chi connectivity index (χ0) is 13.5. The number of aryl methyl sites for hydroxylation is 2. The van der Waals surface area contributed by atoms with Crippen LogP contribution in [0.5, 0.6) is 0 Å². The molecule has 0 saturated carbocycles. The van der Waals surface area contributed by atoms with Gasteiger partial charge in [0.15, 0.2) is 5.96 Å². The van der Waals surface area contributed by atoms with Gasteiger partial charge in [0.05, 0.1) is 12.2 Å². The number of guanidine groups is 1. The Labute approximate surface area is 108 Å². The summed E-state index contributed by atoms with van der Waals surface area (Å²) < 4.78 is 5.27. The second-order valence-corrected chi connectivity index (χ2v) is 4.25. The largest absolute Gasteiger partial charge is 0.370 e. The first-order valence-corrected chi connectivity index (χ1v) is 6.22. The van der Waals surface area contributed by atoms with Crippen LogP contribution in [-0.4, -0.2) is 17.7 Å². The summed E-state index contributed by atoms with van der Waals surface area (Å²) in [6, 6.07) is 0. The molecule has 0 aliphatic carbocycles. The standard InChI is InChI=1S/C13H22N4O/c1-5-11-10(12(6-2)18-17-11)8-16-13(14)15-7-9(3)4/h3,5-8H2,1-2,4H3,(H3,14,15,16). The van der Waals surface area contributed by atoms with Crippen molar-refractivity contribution < 1.29 is 4.52 Å².